The van der Waals surface area contributed by atoms with Crippen LogP contribution in [0.5, 0.6) is 0 Å². The third kappa shape index (κ3) is 9.02. The zero-order chi connectivity index (χ0) is 18.7. The highest BCUT2D eigenvalue weighted by Gasteiger charge is 2.12. The molecule has 1 unspecified atom stereocenters. The zero-order valence-electron chi connectivity index (χ0n) is 13.8. The molecule has 2 aromatic rings. The van der Waals surface area contributed by atoms with Crippen LogP contribution in [0, 0.1) is 0 Å². The Kier molecular flexibility index (Phi) is 8.60. The van der Waals surface area contributed by atoms with E-state index in [2.05, 4.69) is 4.74 Å². The number of benzene rings is 2. The van der Waals surface area contributed by atoms with Crippen LogP contribution in [0.25, 0.3) is 0 Å². The number of carbonyl (C=O) groups excluding carboxylic acids is 2. The summed E-state index contributed by atoms with van der Waals surface area (Å²) in [6.45, 7) is 1.21. The normalized spacial score (nSPS) is 10.8. The summed E-state index contributed by atoms with van der Waals surface area (Å²) in [5, 5.41) is 17.4. The van der Waals surface area contributed by atoms with E-state index < -0.39 is 24.0 Å². The van der Waals surface area contributed by atoms with E-state index >= 15 is 0 Å². The van der Waals surface area contributed by atoms with Crippen LogP contribution in [-0.4, -0.2) is 34.2 Å². The molecule has 0 bridgehead atoms. The molecule has 0 aliphatic carbocycles. The van der Waals surface area contributed by atoms with Gasteiger partial charge in [0.05, 0.1) is 6.42 Å². The van der Waals surface area contributed by atoms with Crippen LogP contribution < -0.4 is 0 Å². The average Bonchev–Trinajstić information content (AvgIpc) is 2.56. The first-order chi connectivity index (χ1) is 11.9. The first-order valence-corrected chi connectivity index (χ1v) is 7.58. The fraction of sp³-hybridized carbons (Fsp3) is 0.211. The second kappa shape index (κ2) is 10.7. The molecule has 0 saturated carbocycles. The number of hydrogen-bond donors (Lipinski definition) is 2. The summed E-state index contributed by atoms with van der Waals surface area (Å²) >= 11 is 0. The molecule has 0 aliphatic heterocycles. The minimum atomic E-state index is -1.30. The summed E-state index contributed by atoms with van der Waals surface area (Å²) in [6, 6.07) is 18.2. The number of carboxylic acids is 1. The summed E-state index contributed by atoms with van der Waals surface area (Å²) in [5.41, 5.74) is 1.67. The minimum absolute atomic E-state index is 0.139. The largest absolute Gasteiger partial charge is 0.479 e. The van der Waals surface area contributed by atoms with Crippen molar-refractivity contribution < 1.29 is 29.3 Å². The molecule has 6 heteroatoms. The first kappa shape index (κ1) is 20.1. The van der Waals surface area contributed by atoms with E-state index in [4.69, 9.17) is 10.2 Å². The predicted octanol–water partition coefficient (Wildman–Crippen LogP) is 1.99. The van der Waals surface area contributed by atoms with Gasteiger partial charge in [-0.25, -0.2) is 4.79 Å². The zero-order valence-corrected chi connectivity index (χ0v) is 13.8. The molecule has 0 radical (unpaired) electrons. The summed E-state index contributed by atoms with van der Waals surface area (Å²) in [4.78, 5) is 31.6. The maximum Gasteiger partial charge on any atom is 0.332 e. The van der Waals surface area contributed by atoms with Gasteiger partial charge in [-0.2, -0.15) is 0 Å². The number of esters is 2. The Morgan fingerprint density at radius 2 is 1.40 bits per heavy atom. The van der Waals surface area contributed by atoms with Crippen molar-refractivity contribution in [2.75, 3.05) is 0 Å². The van der Waals surface area contributed by atoms with E-state index in [1.54, 1.807) is 24.3 Å². The van der Waals surface area contributed by atoms with Crippen molar-refractivity contribution in [1.29, 1.82) is 0 Å². The molecule has 0 fully saturated rings. The fourth-order valence-electron chi connectivity index (χ4n) is 1.88. The number of carboxylic acid groups (broad SMARTS) is 1. The van der Waals surface area contributed by atoms with Crippen LogP contribution in [0.3, 0.4) is 0 Å². The lowest BCUT2D eigenvalue weighted by Gasteiger charge is -2.03. The molecule has 2 N–H and O–H groups in total. The smallest absolute Gasteiger partial charge is 0.332 e. The average molecular weight is 344 g/mol. The number of ether oxygens (including phenoxy) is 1. The van der Waals surface area contributed by atoms with E-state index in [0.717, 1.165) is 11.1 Å². The van der Waals surface area contributed by atoms with Crippen LogP contribution in [0.1, 0.15) is 18.1 Å². The van der Waals surface area contributed by atoms with Gasteiger partial charge in [-0.3, -0.25) is 9.59 Å². The number of hydrogen-bond acceptors (Lipinski definition) is 5. The lowest BCUT2D eigenvalue weighted by Crippen LogP contribution is -2.21. The summed E-state index contributed by atoms with van der Waals surface area (Å²) in [5.74, 6) is -2.27. The van der Waals surface area contributed by atoms with Gasteiger partial charge in [0.15, 0.2) is 6.10 Å². The van der Waals surface area contributed by atoms with Gasteiger partial charge in [0.2, 0.25) is 0 Å². The third-order valence-corrected chi connectivity index (χ3v) is 3.01. The Hall–Kier alpha value is -2.99. The van der Waals surface area contributed by atoms with Crippen molar-refractivity contribution in [1.82, 2.24) is 0 Å². The summed E-state index contributed by atoms with van der Waals surface area (Å²) < 4.78 is 4.38. The van der Waals surface area contributed by atoms with Gasteiger partial charge in [0.25, 0.3) is 0 Å². The standard InChI is InChI=1S/C10H10O3.C9H10O3/c1-8(11)13-10(12)7-9-5-3-2-4-6-9;10-8(9(11)12)6-7-4-2-1-3-5-7/h2-6H,7H2,1H3;1-5,8,10H,6H2,(H,11,12). The van der Waals surface area contributed by atoms with Crippen LogP contribution >= 0.6 is 0 Å². The SMILES string of the molecule is CC(=O)OC(=O)Cc1ccccc1.O=C(O)C(O)Cc1ccccc1. The van der Waals surface area contributed by atoms with Gasteiger partial charge in [0.1, 0.15) is 0 Å². The molecule has 2 rings (SSSR count). The van der Waals surface area contributed by atoms with Crippen LogP contribution in [-0.2, 0) is 32.0 Å². The number of aliphatic carboxylic acids is 1. The molecule has 0 heterocycles. The molecule has 2 aromatic carbocycles. The van der Waals surface area contributed by atoms with Crippen molar-refractivity contribution in [2.24, 2.45) is 0 Å². The minimum Gasteiger partial charge on any atom is -0.479 e. The Balaban J connectivity index is 0.000000251. The molecule has 1 atom stereocenters. The van der Waals surface area contributed by atoms with Crippen LogP contribution in [0.15, 0.2) is 60.7 Å². The van der Waals surface area contributed by atoms with Crippen molar-refractivity contribution in [3.8, 4) is 0 Å². The quantitative estimate of drug-likeness (QED) is 0.635. The molecular weight excluding hydrogens is 324 g/mol. The highest BCUT2D eigenvalue weighted by atomic mass is 16.6. The number of aliphatic hydroxyl groups excluding tert-OH is 1. The molecular formula is C19H20O6. The van der Waals surface area contributed by atoms with E-state index in [0.29, 0.717) is 0 Å². The fourth-order valence-corrected chi connectivity index (χ4v) is 1.88. The predicted molar refractivity (Wildman–Crippen MR) is 90.7 cm³/mol. The van der Waals surface area contributed by atoms with E-state index in [1.807, 2.05) is 36.4 Å². The Morgan fingerprint density at radius 1 is 0.920 bits per heavy atom. The molecule has 0 aromatic heterocycles. The Morgan fingerprint density at radius 3 is 1.84 bits per heavy atom. The Labute approximate surface area is 145 Å². The molecule has 0 saturated heterocycles. The summed E-state index contributed by atoms with van der Waals surface area (Å²) in [6.07, 6.45) is -0.997. The van der Waals surface area contributed by atoms with E-state index in [-0.39, 0.29) is 12.8 Å². The van der Waals surface area contributed by atoms with E-state index in [1.165, 1.54) is 6.92 Å². The highest BCUT2D eigenvalue weighted by molar-refractivity contribution is 5.85. The molecule has 25 heavy (non-hydrogen) atoms. The Bertz CT molecular complexity index is 682. The summed E-state index contributed by atoms with van der Waals surface area (Å²) in [7, 11) is 0. The third-order valence-electron chi connectivity index (χ3n) is 3.01. The van der Waals surface area contributed by atoms with Gasteiger partial charge < -0.3 is 14.9 Å². The van der Waals surface area contributed by atoms with Crippen molar-refractivity contribution in [3.63, 3.8) is 0 Å². The topological polar surface area (TPSA) is 101 Å². The van der Waals surface area contributed by atoms with Gasteiger partial charge in [-0.05, 0) is 11.1 Å². The van der Waals surface area contributed by atoms with Gasteiger partial charge in [0, 0.05) is 13.3 Å². The maximum atomic E-state index is 11.0. The van der Waals surface area contributed by atoms with Crippen molar-refractivity contribution in [3.05, 3.63) is 71.8 Å². The lowest BCUT2D eigenvalue weighted by molar-refractivity contribution is -0.157. The number of rotatable bonds is 5. The second-order valence-electron chi connectivity index (χ2n) is 5.17. The van der Waals surface area contributed by atoms with E-state index in [9.17, 15) is 14.4 Å². The number of carbonyl (C=O) groups is 3. The van der Waals surface area contributed by atoms with Crippen molar-refractivity contribution in [2.45, 2.75) is 25.9 Å². The van der Waals surface area contributed by atoms with Gasteiger partial charge in [-0.1, -0.05) is 60.7 Å². The monoisotopic (exact) mass is 344 g/mol. The molecule has 0 spiro atoms. The lowest BCUT2D eigenvalue weighted by atomic mass is 10.1. The number of aliphatic hydroxyl groups is 1. The second-order valence-corrected chi connectivity index (χ2v) is 5.17. The van der Waals surface area contributed by atoms with Crippen LogP contribution in [0.4, 0.5) is 0 Å². The molecule has 132 valence electrons. The molecule has 0 aliphatic rings. The molecule has 6 nitrogen and oxygen atoms in total. The van der Waals surface area contributed by atoms with Crippen LogP contribution in [0.2, 0.25) is 0 Å². The first-order valence-electron chi connectivity index (χ1n) is 7.58. The van der Waals surface area contributed by atoms with Crippen molar-refractivity contribution >= 4 is 17.9 Å². The van der Waals surface area contributed by atoms with Gasteiger partial charge in [-0.15, -0.1) is 0 Å². The van der Waals surface area contributed by atoms with Gasteiger partial charge >= 0.3 is 17.9 Å². The maximum absolute atomic E-state index is 11.0. The molecule has 0 amide bonds. The highest BCUT2D eigenvalue weighted by Crippen LogP contribution is 2.02.